The van der Waals surface area contributed by atoms with Crippen LogP contribution in [-0.2, 0) is 13.1 Å². The summed E-state index contributed by atoms with van der Waals surface area (Å²) in [5.41, 5.74) is 2.88. The minimum atomic E-state index is 0.0226. The molecule has 1 amide bonds. The van der Waals surface area contributed by atoms with Gasteiger partial charge >= 0.3 is 0 Å². The maximum absolute atomic E-state index is 13.4. The number of carbonyl (C=O) groups excluding carboxylic acids is 1. The van der Waals surface area contributed by atoms with E-state index < -0.39 is 0 Å². The Bertz CT molecular complexity index is 979. The predicted octanol–water partition coefficient (Wildman–Crippen LogP) is 5.89. The van der Waals surface area contributed by atoms with Gasteiger partial charge in [-0.3, -0.25) is 4.79 Å². The van der Waals surface area contributed by atoms with Crippen molar-refractivity contribution in [3.05, 3.63) is 88.7 Å². The van der Waals surface area contributed by atoms with Gasteiger partial charge in [0.25, 0.3) is 5.91 Å². The fraction of sp³-hybridized carbons (Fsp3) is 0.320. The van der Waals surface area contributed by atoms with Crippen LogP contribution in [0.1, 0.15) is 42.4 Å². The molecule has 0 aliphatic carbocycles. The fourth-order valence-electron chi connectivity index (χ4n) is 3.41. The third kappa shape index (κ3) is 5.25. The molecule has 1 unspecified atom stereocenters. The molecule has 0 bridgehead atoms. The highest BCUT2D eigenvalue weighted by Gasteiger charge is 2.25. The number of aromatic nitrogens is 1. The second-order valence-electron chi connectivity index (χ2n) is 7.90. The summed E-state index contributed by atoms with van der Waals surface area (Å²) < 4.78 is 7.40. The monoisotopic (exact) mass is 424 g/mol. The first-order valence-corrected chi connectivity index (χ1v) is 10.6. The molecule has 158 valence electrons. The Morgan fingerprint density at radius 1 is 1.07 bits per heavy atom. The summed E-state index contributed by atoms with van der Waals surface area (Å²) in [5.74, 6) is 1.10. The maximum atomic E-state index is 13.4. The van der Waals surface area contributed by atoms with Crippen LogP contribution in [0.25, 0.3) is 0 Å². The summed E-state index contributed by atoms with van der Waals surface area (Å²) in [4.78, 5) is 15.3. The zero-order chi connectivity index (χ0) is 21.7. The van der Waals surface area contributed by atoms with E-state index >= 15 is 0 Å². The second kappa shape index (κ2) is 9.86. The molecule has 30 heavy (non-hydrogen) atoms. The molecule has 0 radical (unpaired) electrons. The van der Waals surface area contributed by atoms with E-state index in [1.807, 2.05) is 59.6 Å². The van der Waals surface area contributed by atoms with Gasteiger partial charge in [0.1, 0.15) is 5.75 Å². The van der Waals surface area contributed by atoms with Crippen molar-refractivity contribution in [2.45, 2.75) is 39.9 Å². The number of rotatable bonds is 8. The minimum Gasteiger partial charge on any atom is -0.497 e. The molecule has 0 aliphatic rings. The van der Waals surface area contributed by atoms with Crippen LogP contribution >= 0.6 is 11.6 Å². The van der Waals surface area contributed by atoms with Gasteiger partial charge in [-0.1, -0.05) is 37.6 Å². The third-order valence-electron chi connectivity index (χ3n) is 5.55. The van der Waals surface area contributed by atoms with Crippen LogP contribution in [0.4, 0.5) is 0 Å². The zero-order valence-corrected chi connectivity index (χ0v) is 18.8. The number of amides is 1. The van der Waals surface area contributed by atoms with Crippen molar-refractivity contribution in [2.24, 2.45) is 5.92 Å². The van der Waals surface area contributed by atoms with Gasteiger partial charge in [-0.05, 0) is 66.9 Å². The van der Waals surface area contributed by atoms with Crippen molar-refractivity contribution in [3.8, 4) is 5.75 Å². The smallest absolute Gasteiger partial charge is 0.254 e. The number of ether oxygens (including phenoxy) is 1. The maximum Gasteiger partial charge on any atom is 0.254 e. The summed E-state index contributed by atoms with van der Waals surface area (Å²) in [5, 5.41) is 0.728. The Morgan fingerprint density at radius 3 is 2.43 bits per heavy atom. The largest absolute Gasteiger partial charge is 0.497 e. The highest BCUT2D eigenvalue weighted by atomic mass is 35.5. The lowest BCUT2D eigenvalue weighted by Gasteiger charge is -2.32. The van der Waals surface area contributed by atoms with Crippen molar-refractivity contribution in [1.82, 2.24) is 9.47 Å². The number of nitrogens with zero attached hydrogens (tertiary/aromatic N) is 2. The molecule has 0 fully saturated rings. The molecule has 5 heteroatoms. The Hall–Kier alpha value is -2.72. The van der Waals surface area contributed by atoms with E-state index in [0.29, 0.717) is 24.6 Å². The lowest BCUT2D eigenvalue weighted by molar-refractivity contribution is 0.0622. The normalized spacial score (nSPS) is 12.1. The van der Waals surface area contributed by atoms with E-state index in [9.17, 15) is 4.79 Å². The van der Waals surface area contributed by atoms with Gasteiger partial charge in [-0.25, -0.2) is 0 Å². The average molecular weight is 425 g/mol. The van der Waals surface area contributed by atoms with Crippen molar-refractivity contribution in [1.29, 1.82) is 0 Å². The molecule has 1 aromatic heterocycles. The van der Waals surface area contributed by atoms with E-state index in [1.165, 1.54) is 0 Å². The molecule has 0 N–H and O–H groups in total. The molecular weight excluding hydrogens is 396 g/mol. The van der Waals surface area contributed by atoms with E-state index in [1.54, 1.807) is 7.11 Å². The first-order chi connectivity index (χ1) is 14.4. The summed E-state index contributed by atoms with van der Waals surface area (Å²) in [6.45, 7) is 7.64. The molecule has 1 atom stereocenters. The third-order valence-corrected chi connectivity index (χ3v) is 5.79. The topological polar surface area (TPSA) is 34.5 Å². The molecule has 3 rings (SSSR count). The average Bonchev–Trinajstić information content (AvgIpc) is 3.17. The number of benzene rings is 2. The number of carbonyl (C=O) groups is 1. The van der Waals surface area contributed by atoms with E-state index in [-0.39, 0.29) is 11.9 Å². The lowest BCUT2D eigenvalue weighted by atomic mass is 10.0. The Kier molecular flexibility index (Phi) is 7.22. The van der Waals surface area contributed by atoms with Crippen LogP contribution < -0.4 is 4.74 Å². The standard InChI is InChI=1S/C25H29ClN2O2/c1-18(2)19(3)28(25(29)21-10-12-24(30-4)13-11-21)17-23-9-6-14-27(23)16-20-7-5-8-22(26)15-20/h5-15,18-19H,16-17H2,1-4H3. The Labute approximate surface area is 184 Å². The summed E-state index contributed by atoms with van der Waals surface area (Å²) in [6.07, 6.45) is 2.05. The fourth-order valence-corrected chi connectivity index (χ4v) is 3.63. The Morgan fingerprint density at radius 2 is 1.80 bits per heavy atom. The number of hydrogen-bond acceptors (Lipinski definition) is 2. The van der Waals surface area contributed by atoms with Crippen LogP contribution in [0.15, 0.2) is 66.9 Å². The van der Waals surface area contributed by atoms with Crippen LogP contribution in [0.2, 0.25) is 5.02 Å². The first kappa shape index (κ1) is 22.0. The van der Waals surface area contributed by atoms with Crippen LogP contribution in [-0.4, -0.2) is 28.5 Å². The number of methoxy groups -OCH3 is 1. The van der Waals surface area contributed by atoms with Gasteiger partial charge in [0.15, 0.2) is 0 Å². The number of hydrogen-bond donors (Lipinski definition) is 0. The van der Waals surface area contributed by atoms with Gasteiger partial charge in [0.2, 0.25) is 0 Å². The second-order valence-corrected chi connectivity index (χ2v) is 8.34. The quantitative estimate of drug-likeness (QED) is 0.452. The van der Waals surface area contributed by atoms with Crippen molar-refractivity contribution in [2.75, 3.05) is 7.11 Å². The van der Waals surface area contributed by atoms with Crippen LogP contribution in [0.5, 0.6) is 5.75 Å². The molecule has 0 saturated heterocycles. The van der Waals surface area contributed by atoms with Gasteiger partial charge in [0.05, 0.1) is 13.7 Å². The number of halogens is 1. The van der Waals surface area contributed by atoms with Crippen molar-refractivity contribution >= 4 is 17.5 Å². The molecule has 4 nitrogen and oxygen atoms in total. The van der Waals surface area contributed by atoms with Crippen molar-refractivity contribution < 1.29 is 9.53 Å². The highest BCUT2D eigenvalue weighted by molar-refractivity contribution is 6.30. The molecule has 0 saturated carbocycles. The van der Waals surface area contributed by atoms with Gasteiger partial charge in [-0.2, -0.15) is 0 Å². The molecule has 0 spiro atoms. The SMILES string of the molecule is COc1ccc(C(=O)N(Cc2cccn2Cc2cccc(Cl)c2)C(C)C(C)C)cc1. The predicted molar refractivity (Wildman–Crippen MR) is 122 cm³/mol. The van der Waals surface area contributed by atoms with E-state index in [0.717, 1.165) is 22.0 Å². The van der Waals surface area contributed by atoms with E-state index in [4.69, 9.17) is 16.3 Å². The minimum absolute atomic E-state index is 0.0226. The van der Waals surface area contributed by atoms with Gasteiger partial charge in [0, 0.05) is 35.1 Å². The van der Waals surface area contributed by atoms with Crippen LogP contribution in [0.3, 0.4) is 0 Å². The molecule has 2 aromatic carbocycles. The van der Waals surface area contributed by atoms with Gasteiger partial charge < -0.3 is 14.2 Å². The van der Waals surface area contributed by atoms with Crippen LogP contribution in [0, 0.1) is 5.92 Å². The van der Waals surface area contributed by atoms with Gasteiger partial charge in [-0.15, -0.1) is 0 Å². The lowest BCUT2D eigenvalue weighted by Crippen LogP contribution is -2.41. The highest BCUT2D eigenvalue weighted by Crippen LogP contribution is 2.21. The van der Waals surface area contributed by atoms with Crippen molar-refractivity contribution in [3.63, 3.8) is 0 Å². The molecule has 0 aliphatic heterocycles. The molecule has 1 heterocycles. The Balaban J connectivity index is 1.85. The molecular formula is C25H29ClN2O2. The molecule has 3 aromatic rings. The summed E-state index contributed by atoms with van der Waals surface area (Å²) in [7, 11) is 1.62. The van der Waals surface area contributed by atoms with E-state index in [2.05, 4.69) is 37.5 Å². The summed E-state index contributed by atoms with van der Waals surface area (Å²) in [6, 6.07) is 19.4. The first-order valence-electron chi connectivity index (χ1n) is 10.2. The summed E-state index contributed by atoms with van der Waals surface area (Å²) >= 11 is 6.15. The zero-order valence-electron chi connectivity index (χ0n) is 18.0.